The zero-order valence-electron chi connectivity index (χ0n) is 12.1. The number of nitrogens with zero attached hydrogens (tertiary/aromatic N) is 3. The Morgan fingerprint density at radius 3 is 2.65 bits per heavy atom. The molecule has 106 valence electrons. The lowest BCUT2D eigenvalue weighted by Crippen LogP contribution is -2.18. The summed E-state index contributed by atoms with van der Waals surface area (Å²) in [4.78, 5) is 14.1. The minimum atomic E-state index is -0.114. The van der Waals surface area contributed by atoms with Gasteiger partial charge in [-0.05, 0) is 33.2 Å². The van der Waals surface area contributed by atoms with Gasteiger partial charge in [-0.3, -0.25) is 9.48 Å². The molecule has 5 heteroatoms. The molecule has 0 aliphatic rings. The Morgan fingerprint density at radius 2 is 2.00 bits per heavy atom. The van der Waals surface area contributed by atoms with Gasteiger partial charge < -0.3 is 10.2 Å². The number of benzene rings is 1. The Hall–Kier alpha value is -2.14. The maximum atomic E-state index is 12.0. The van der Waals surface area contributed by atoms with E-state index in [-0.39, 0.29) is 5.91 Å². The van der Waals surface area contributed by atoms with Crippen molar-refractivity contribution < 1.29 is 4.79 Å². The predicted octanol–water partition coefficient (Wildman–Crippen LogP) is 2.01. The second kappa shape index (κ2) is 6.34. The molecule has 1 heterocycles. The smallest absolute Gasteiger partial charge is 0.255 e. The number of likely N-dealkylation sites (N-methyl/N-ethyl adjacent to an activating group) is 1. The maximum Gasteiger partial charge on any atom is 0.255 e. The largest absolute Gasteiger partial charge is 0.319 e. The van der Waals surface area contributed by atoms with E-state index in [0.717, 1.165) is 18.7 Å². The van der Waals surface area contributed by atoms with E-state index in [1.807, 2.05) is 56.2 Å². The van der Waals surface area contributed by atoms with Crippen LogP contribution < -0.4 is 5.32 Å². The lowest BCUT2D eigenvalue weighted by atomic mass is 10.1. The van der Waals surface area contributed by atoms with Gasteiger partial charge in [-0.1, -0.05) is 17.7 Å². The van der Waals surface area contributed by atoms with Gasteiger partial charge in [0.2, 0.25) is 0 Å². The average Bonchev–Trinajstić information content (AvgIpc) is 2.84. The average molecular weight is 272 g/mol. The highest BCUT2D eigenvalue weighted by Gasteiger charge is 2.07. The molecule has 5 nitrogen and oxygen atoms in total. The number of carbonyl (C=O) groups is 1. The van der Waals surface area contributed by atoms with Crippen molar-refractivity contribution in [3.05, 3.63) is 47.8 Å². The monoisotopic (exact) mass is 272 g/mol. The number of nitrogens with one attached hydrogen (secondary N) is 1. The van der Waals surface area contributed by atoms with Crippen LogP contribution in [0.15, 0.2) is 36.7 Å². The van der Waals surface area contributed by atoms with E-state index in [2.05, 4.69) is 15.3 Å². The van der Waals surface area contributed by atoms with Gasteiger partial charge in [0.1, 0.15) is 0 Å². The van der Waals surface area contributed by atoms with Crippen LogP contribution >= 0.6 is 0 Å². The van der Waals surface area contributed by atoms with Crippen LogP contribution in [0.1, 0.15) is 15.9 Å². The van der Waals surface area contributed by atoms with Crippen molar-refractivity contribution in [3.8, 4) is 0 Å². The van der Waals surface area contributed by atoms with Crippen LogP contribution in [0.4, 0.5) is 5.69 Å². The standard InChI is InChI=1S/C15H20N4O/c1-12-4-6-13(7-5-12)15(20)17-14-10-16-19(11-14)9-8-18(2)3/h4-7,10-11H,8-9H2,1-3H3,(H,17,20). The van der Waals surface area contributed by atoms with Crippen molar-refractivity contribution in [1.82, 2.24) is 14.7 Å². The summed E-state index contributed by atoms with van der Waals surface area (Å²) in [5, 5.41) is 7.07. The molecule has 0 saturated heterocycles. The number of aryl methyl sites for hydroxylation is 1. The molecule has 1 aromatic heterocycles. The Morgan fingerprint density at radius 1 is 1.30 bits per heavy atom. The minimum absolute atomic E-state index is 0.114. The second-order valence-electron chi connectivity index (χ2n) is 5.12. The fraction of sp³-hybridized carbons (Fsp3) is 0.333. The number of hydrogen-bond acceptors (Lipinski definition) is 3. The normalized spacial score (nSPS) is 10.8. The summed E-state index contributed by atoms with van der Waals surface area (Å²) >= 11 is 0. The number of anilines is 1. The first kappa shape index (κ1) is 14.3. The summed E-state index contributed by atoms with van der Waals surface area (Å²) in [6.45, 7) is 3.71. The maximum absolute atomic E-state index is 12.0. The third kappa shape index (κ3) is 3.93. The van der Waals surface area contributed by atoms with Gasteiger partial charge in [-0.15, -0.1) is 0 Å². The summed E-state index contributed by atoms with van der Waals surface area (Å²) in [7, 11) is 4.03. The molecule has 0 radical (unpaired) electrons. The molecule has 0 spiro atoms. The number of amides is 1. The molecule has 2 rings (SSSR count). The number of aromatic nitrogens is 2. The van der Waals surface area contributed by atoms with Crippen LogP contribution in [0.2, 0.25) is 0 Å². The molecule has 0 unspecified atom stereocenters. The SMILES string of the molecule is Cc1ccc(C(=O)Nc2cnn(CCN(C)C)c2)cc1. The van der Waals surface area contributed by atoms with Crippen molar-refractivity contribution in [3.63, 3.8) is 0 Å². The minimum Gasteiger partial charge on any atom is -0.319 e. The highest BCUT2D eigenvalue weighted by molar-refractivity contribution is 6.04. The Labute approximate surface area is 119 Å². The van der Waals surface area contributed by atoms with E-state index < -0.39 is 0 Å². The number of hydrogen-bond donors (Lipinski definition) is 1. The first-order valence-electron chi connectivity index (χ1n) is 6.60. The van der Waals surface area contributed by atoms with Crippen molar-refractivity contribution in [2.75, 3.05) is 26.0 Å². The first-order chi connectivity index (χ1) is 9.54. The fourth-order valence-corrected chi connectivity index (χ4v) is 1.76. The van der Waals surface area contributed by atoms with Crippen molar-refractivity contribution >= 4 is 11.6 Å². The van der Waals surface area contributed by atoms with E-state index in [9.17, 15) is 4.79 Å². The number of carbonyl (C=O) groups excluding carboxylic acids is 1. The van der Waals surface area contributed by atoms with Gasteiger partial charge in [0, 0.05) is 18.3 Å². The molecule has 1 aromatic carbocycles. The third-order valence-corrected chi connectivity index (χ3v) is 2.98. The van der Waals surface area contributed by atoms with Crippen molar-refractivity contribution in [1.29, 1.82) is 0 Å². The van der Waals surface area contributed by atoms with Crippen LogP contribution in [-0.2, 0) is 6.54 Å². The molecule has 0 aliphatic carbocycles. The summed E-state index contributed by atoms with van der Waals surface area (Å²) in [5.74, 6) is -0.114. The molecule has 0 saturated carbocycles. The molecule has 2 aromatic rings. The highest BCUT2D eigenvalue weighted by atomic mass is 16.1. The Kier molecular flexibility index (Phi) is 4.53. The zero-order valence-corrected chi connectivity index (χ0v) is 12.1. The lowest BCUT2D eigenvalue weighted by Gasteiger charge is -2.08. The summed E-state index contributed by atoms with van der Waals surface area (Å²) in [6.07, 6.45) is 3.51. The van der Waals surface area contributed by atoms with Gasteiger partial charge in [0.05, 0.1) is 18.4 Å². The van der Waals surface area contributed by atoms with Crippen LogP contribution in [0.5, 0.6) is 0 Å². The van der Waals surface area contributed by atoms with E-state index in [1.165, 1.54) is 0 Å². The number of rotatable bonds is 5. The van der Waals surface area contributed by atoms with Crippen LogP contribution in [0, 0.1) is 6.92 Å². The molecule has 0 bridgehead atoms. The topological polar surface area (TPSA) is 50.2 Å². The van der Waals surface area contributed by atoms with Crippen molar-refractivity contribution in [2.24, 2.45) is 0 Å². The molecule has 1 amide bonds. The van der Waals surface area contributed by atoms with Gasteiger partial charge >= 0.3 is 0 Å². The van der Waals surface area contributed by atoms with Crippen LogP contribution in [-0.4, -0.2) is 41.2 Å². The van der Waals surface area contributed by atoms with E-state index >= 15 is 0 Å². The Balaban J connectivity index is 1.96. The molecule has 0 atom stereocenters. The van der Waals surface area contributed by atoms with Gasteiger partial charge in [0.15, 0.2) is 0 Å². The van der Waals surface area contributed by atoms with Gasteiger partial charge in [-0.25, -0.2) is 0 Å². The molecule has 0 aliphatic heterocycles. The molecular formula is C15H20N4O. The predicted molar refractivity (Wildman–Crippen MR) is 79.9 cm³/mol. The van der Waals surface area contributed by atoms with E-state index in [4.69, 9.17) is 0 Å². The highest BCUT2D eigenvalue weighted by Crippen LogP contribution is 2.09. The molecule has 1 N–H and O–H groups in total. The van der Waals surface area contributed by atoms with E-state index in [1.54, 1.807) is 6.20 Å². The molecule has 20 heavy (non-hydrogen) atoms. The fourth-order valence-electron chi connectivity index (χ4n) is 1.76. The van der Waals surface area contributed by atoms with Gasteiger partial charge in [-0.2, -0.15) is 5.10 Å². The van der Waals surface area contributed by atoms with E-state index in [0.29, 0.717) is 11.3 Å². The molecular weight excluding hydrogens is 252 g/mol. The molecule has 0 fully saturated rings. The van der Waals surface area contributed by atoms with Crippen molar-refractivity contribution in [2.45, 2.75) is 13.5 Å². The van der Waals surface area contributed by atoms with Crippen LogP contribution in [0.25, 0.3) is 0 Å². The van der Waals surface area contributed by atoms with Gasteiger partial charge in [0.25, 0.3) is 5.91 Å². The Bertz CT molecular complexity index is 572. The summed E-state index contributed by atoms with van der Waals surface area (Å²) in [6, 6.07) is 7.49. The first-order valence-corrected chi connectivity index (χ1v) is 6.60. The third-order valence-electron chi connectivity index (χ3n) is 2.98. The quantitative estimate of drug-likeness (QED) is 0.905. The zero-order chi connectivity index (χ0) is 14.5. The van der Waals surface area contributed by atoms with Crippen LogP contribution in [0.3, 0.4) is 0 Å². The lowest BCUT2D eigenvalue weighted by molar-refractivity contribution is 0.102. The summed E-state index contributed by atoms with van der Waals surface area (Å²) < 4.78 is 1.82. The summed E-state index contributed by atoms with van der Waals surface area (Å²) in [5.41, 5.74) is 2.50. The second-order valence-corrected chi connectivity index (χ2v) is 5.12.